The molecule has 0 aromatic heterocycles. The lowest BCUT2D eigenvalue weighted by atomic mass is 10.2. The molecule has 1 rings (SSSR count). The Morgan fingerprint density at radius 1 is 1.44 bits per heavy atom. The third-order valence-corrected chi connectivity index (χ3v) is 3.58. The van der Waals surface area contributed by atoms with E-state index >= 15 is 0 Å². The number of halogens is 1. The van der Waals surface area contributed by atoms with Crippen LogP contribution in [0.25, 0.3) is 0 Å². The van der Waals surface area contributed by atoms with Crippen molar-refractivity contribution in [2.45, 2.75) is 23.1 Å². The van der Waals surface area contributed by atoms with Crippen molar-refractivity contribution < 1.29 is 9.53 Å². The number of rotatable bonds is 4. The molecule has 0 saturated heterocycles. The number of esters is 1. The molecule has 0 saturated carbocycles. The highest BCUT2D eigenvalue weighted by molar-refractivity contribution is 8.00. The van der Waals surface area contributed by atoms with E-state index in [9.17, 15) is 4.79 Å². The van der Waals surface area contributed by atoms with E-state index in [1.165, 1.54) is 18.9 Å². The van der Waals surface area contributed by atoms with Crippen LogP contribution in [0.3, 0.4) is 0 Å². The normalized spacial score (nSPS) is 14.2. The van der Waals surface area contributed by atoms with Gasteiger partial charge in [0.2, 0.25) is 0 Å². The van der Waals surface area contributed by atoms with Gasteiger partial charge >= 0.3 is 5.97 Å². The van der Waals surface area contributed by atoms with Gasteiger partial charge in [0.05, 0.1) is 7.11 Å². The minimum Gasteiger partial charge on any atom is -0.468 e. The number of carbonyl (C=O) groups excluding carboxylic acids is 1. The Morgan fingerprint density at radius 3 is 2.50 bits per heavy atom. The molecule has 0 amide bonds. The SMILES string of the molecule is COC(=O)C(N)C(C)Sc1ccc(Cl)cc1. The van der Waals surface area contributed by atoms with E-state index in [0.717, 1.165) is 4.90 Å². The molecule has 5 heteroatoms. The molecule has 2 unspecified atom stereocenters. The molecule has 1 aromatic carbocycles. The lowest BCUT2D eigenvalue weighted by Gasteiger charge is -2.16. The van der Waals surface area contributed by atoms with E-state index in [0.29, 0.717) is 5.02 Å². The van der Waals surface area contributed by atoms with Gasteiger partial charge in [-0.1, -0.05) is 18.5 Å². The topological polar surface area (TPSA) is 52.3 Å². The molecule has 88 valence electrons. The quantitative estimate of drug-likeness (QED) is 0.666. The Kier molecular flexibility index (Phi) is 5.12. The minimum atomic E-state index is -0.620. The number of methoxy groups -OCH3 is 1. The molecule has 0 bridgehead atoms. The first-order valence-corrected chi connectivity index (χ1v) is 6.06. The molecule has 1 aromatic rings. The summed E-state index contributed by atoms with van der Waals surface area (Å²) in [6.45, 7) is 1.89. The molecule has 0 heterocycles. The Hall–Kier alpha value is -0.710. The van der Waals surface area contributed by atoms with Crippen molar-refractivity contribution >= 4 is 29.3 Å². The lowest BCUT2D eigenvalue weighted by Crippen LogP contribution is -2.39. The molecule has 0 aliphatic rings. The second-order valence-electron chi connectivity index (χ2n) is 3.33. The average Bonchev–Trinajstić information content (AvgIpc) is 2.30. The summed E-state index contributed by atoms with van der Waals surface area (Å²) in [6, 6.07) is 6.78. The van der Waals surface area contributed by atoms with Crippen molar-refractivity contribution in [1.82, 2.24) is 0 Å². The van der Waals surface area contributed by atoms with Gasteiger partial charge in [0, 0.05) is 15.2 Å². The third-order valence-electron chi connectivity index (χ3n) is 2.11. The van der Waals surface area contributed by atoms with Crippen molar-refractivity contribution in [3.05, 3.63) is 29.3 Å². The zero-order chi connectivity index (χ0) is 12.1. The summed E-state index contributed by atoms with van der Waals surface area (Å²) >= 11 is 7.30. The molecular weight excluding hydrogens is 246 g/mol. The fourth-order valence-corrected chi connectivity index (χ4v) is 2.24. The van der Waals surface area contributed by atoms with Crippen LogP contribution >= 0.6 is 23.4 Å². The second-order valence-corrected chi connectivity index (χ2v) is 5.21. The predicted molar refractivity (Wildman–Crippen MR) is 66.8 cm³/mol. The fraction of sp³-hybridized carbons (Fsp3) is 0.364. The summed E-state index contributed by atoms with van der Waals surface area (Å²) in [5, 5.41) is 0.642. The van der Waals surface area contributed by atoms with Crippen LogP contribution in [-0.4, -0.2) is 24.4 Å². The molecular formula is C11H14ClNO2S. The Balaban J connectivity index is 2.60. The van der Waals surface area contributed by atoms with Crippen LogP contribution in [0.5, 0.6) is 0 Å². The minimum absolute atomic E-state index is 0.0476. The highest BCUT2D eigenvalue weighted by atomic mass is 35.5. The zero-order valence-electron chi connectivity index (χ0n) is 9.14. The Morgan fingerprint density at radius 2 is 2.00 bits per heavy atom. The van der Waals surface area contributed by atoms with Crippen molar-refractivity contribution in [2.24, 2.45) is 5.73 Å². The highest BCUT2D eigenvalue weighted by Gasteiger charge is 2.22. The molecule has 0 radical (unpaired) electrons. The van der Waals surface area contributed by atoms with Crippen LogP contribution in [-0.2, 0) is 9.53 Å². The maximum absolute atomic E-state index is 11.2. The Labute approximate surface area is 104 Å². The average molecular weight is 260 g/mol. The van der Waals surface area contributed by atoms with Crippen LogP contribution in [0.1, 0.15) is 6.92 Å². The van der Waals surface area contributed by atoms with Crippen LogP contribution in [0.4, 0.5) is 0 Å². The van der Waals surface area contributed by atoms with Crippen LogP contribution in [0.2, 0.25) is 5.02 Å². The van der Waals surface area contributed by atoms with E-state index in [1.54, 1.807) is 12.1 Å². The van der Waals surface area contributed by atoms with Crippen molar-refractivity contribution in [3.8, 4) is 0 Å². The smallest absolute Gasteiger partial charge is 0.323 e. The predicted octanol–water partition coefficient (Wildman–Crippen LogP) is 2.32. The Bertz CT molecular complexity index is 356. The number of thioether (sulfide) groups is 1. The summed E-state index contributed by atoms with van der Waals surface area (Å²) < 4.78 is 4.59. The van der Waals surface area contributed by atoms with Crippen molar-refractivity contribution in [2.75, 3.05) is 7.11 Å². The summed E-state index contributed by atoms with van der Waals surface area (Å²) in [5.41, 5.74) is 5.73. The van der Waals surface area contributed by atoms with Gasteiger partial charge in [0.1, 0.15) is 6.04 Å². The number of benzene rings is 1. The van der Waals surface area contributed by atoms with Gasteiger partial charge < -0.3 is 10.5 Å². The number of carbonyl (C=O) groups is 1. The largest absolute Gasteiger partial charge is 0.468 e. The van der Waals surface area contributed by atoms with Crippen molar-refractivity contribution in [3.63, 3.8) is 0 Å². The number of nitrogens with two attached hydrogens (primary N) is 1. The van der Waals surface area contributed by atoms with Crippen molar-refractivity contribution in [1.29, 1.82) is 0 Å². The fourth-order valence-electron chi connectivity index (χ4n) is 1.13. The molecule has 2 N–H and O–H groups in total. The van der Waals surface area contributed by atoms with E-state index in [1.807, 2.05) is 19.1 Å². The van der Waals surface area contributed by atoms with E-state index in [2.05, 4.69) is 4.74 Å². The summed E-state index contributed by atoms with van der Waals surface area (Å²) in [7, 11) is 1.34. The zero-order valence-corrected chi connectivity index (χ0v) is 10.7. The summed E-state index contributed by atoms with van der Waals surface area (Å²) in [5.74, 6) is -0.394. The van der Waals surface area contributed by atoms with Crippen LogP contribution in [0, 0.1) is 0 Å². The van der Waals surface area contributed by atoms with Crippen LogP contribution < -0.4 is 5.73 Å². The standard InChI is InChI=1S/C11H14ClNO2S/c1-7(10(13)11(14)15-2)16-9-5-3-8(12)4-6-9/h3-7,10H,13H2,1-2H3. The summed E-state index contributed by atoms with van der Waals surface area (Å²) in [4.78, 5) is 12.2. The van der Waals surface area contributed by atoms with E-state index in [4.69, 9.17) is 17.3 Å². The second kappa shape index (κ2) is 6.13. The molecule has 0 aliphatic heterocycles. The molecule has 0 spiro atoms. The maximum Gasteiger partial charge on any atom is 0.323 e. The van der Waals surface area contributed by atoms with Gasteiger partial charge in [-0.05, 0) is 24.3 Å². The molecule has 0 fully saturated rings. The molecule has 0 aliphatic carbocycles. The van der Waals surface area contributed by atoms with E-state index < -0.39 is 12.0 Å². The van der Waals surface area contributed by atoms with E-state index in [-0.39, 0.29) is 5.25 Å². The van der Waals surface area contributed by atoms with Gasteiger partial charge in [-0.2, -0.15) is 0 Å². The number of ether oxygens (including phenoxy) is 1. The highest BCUT2D eigenvalue weighted by Crippen LogP contribution is 2.26. The lowest BCUT2D eigenvalue weighted by molar-refractivity contribution is -0.142. The van der Waals surface area contributed by atoms with Gasteiger partial charge in [0.15, 0.2) is 0 Å². The number of hydrogen-bond acceptors (Lipinski definition) is 4. The monoisotopic (exact) mass is 259 g/mol. The van der Waals surface area contributed by atoms with Gasteiger partial charge in [-0.3, -0.25) is 4.79 Å². The van der Waals surface area contributed by atoms with Gasteiger partial charge in [0.25, 0.3) is 0 Å². The summed E-state index contributed by atoms with van der Waals surface area (Å²) in [6.07, 6.45) is 0. The molecule has 3 nitrogen and oxygen atoms in total. The van der Waals surface area contributed by atoms with Gasteiger partial charge in [-0.15, -0.1) is 11.8 Å². The van der Waals surface area contributed by atoms with Crippen LogP contribution in [0.15, 0.2) is 29.2 Å². The number of hydrogen-bond donors (Lipinski definition) is 1. The van der Waals surface area contributed by atoms with Gasteiger partial charge in [-0.25, -0.2) is 0 Å². The first kappa shape index (κ1) is 13.4. The first-order chi connectivity index (χ1) is 7.54. The first-order valence-electron chi connectivity index (χ1n) is 4.80. The third kappa shape index (κ3) is 3.70. The maximum atomic E-state index is 11.2. The molecule has 16 heavy (non-hydrogen) atoms. The molecule has 2 atom stereocenters.